The Balaban J connectivity index is 2.45. The van der Waals surface area contributed by atoms with Gasteiger partial charge in [0, 0.05) is 19.8 Å². The first-order chi connectivity index (χ1) is 8.50. The van der Waals surface area contributed by atoms with Gasteiger partial charge >= 0.3 is 0 Å². The first-order valence-corrected chi connectivity index (χ1v) is 6.88. The number of hydrogen-bond acceptors (Lipinski definition) is 3. The van der Waals surface area contributed by atoms with Crippen LogP contribution in [0.2, 0.25) is 0 Å². The highest BCUT2D eigenvalue weighted by molar-refractivity contribution is 7.80. The molecule has 1 amide bonds. The lowest BCUT2D eigenvalue weighted by molar-refractivity contribution is -0.125. The zero-order chi connectivity index (χ0) is 13.3. The number of amides is 1. The Morgan fingerprint density at radius 2 is 2.22 bits per heavy atom. The van der Waals surface area contributed by atoms with Crippen molar-refractivity contribution in [3.63, 3.8) is 0 Å². The first-order valence-electron chi connectivity index (χ1n) is 5.52. The summed E-state index contributed by atoms with van der Waals surface area (Å²) >= 11 is 6.77. The molecule has 0 bridgehead atoms. The third-order valence-electron chi connectivity index (χ3n) is 2.78. The summed E-state index contributed by atoms with van der Waals surface area (Å²) in [4.78, 5) is 13.8. The van der Waals surface area contributed by atoms with E-state index in [1.165, 1.54) is 0 Å². The van der Waals surface area contributed by atoms with E-state index in [0.717, 1.165) is 11.3 Å². The van der Waals surface area contributed by atoms with Gasteiger partial charge in [-0.2, -0.15) is 11.3 Å². The molecule has 1 aromatic rings. The standard InChI is InChI=1S/C12H15N3OS2/c1-7-9(11(16)15(2)3)10(14-12(17)13-7)8-4-5-18-6-8/h4-6,10H,1-3H3,(H2,13,14,17)/t10-/m0/s1. The third-order valence-corrected chi connectivity index (χ3v) is 3.70. The number of thiophene rings is 1. The molecule has 0 saturated heterocycles. The van der Waals surface area contributed by atoms with Crippen molar-refractivity contribution in [3.05, 3.63) is 33.7 Å². The zero-order valence-corrected chi connectivity index (χ0v) is 12.1. The van der Waals surface area contributed by atoms with Crippen LogP contribution in [0.1, 0.15) is 18.5 Å². The highest BCUT2D eigenvalue weighted by atomic mass is 32.1. The van der Waals surface area contributed by atoms with E-state index in [9.17, 15) is 4.79 Å². The van der Waals surface area contributed by atoms with Gasteiger partial charge in [-0.1, -0.05) is 0 Å². The fourth-order valence-electron chi connectivity index (χ4n) is 1.91. The van der Waals surface area contributed by atoms with Crippen molar-refractivity contribution in [1.29, 1.82) is 0 Å². The van der Waals surface area contributed by atoms with Gasteiger partial charge in [-0.15, -0.1) is 0 Å². The van der Waals surface area contributed by atoms with Gasteiger partial charge in [-0.05, 0) is 41.5 Å². The predicted octanol–water partition coefficient (Wildman–Crippen LogP) is 1.63. The molecule has 0 fully saturated rings. The van der Waals surface area contributed by atoms with Gasteiger partial charge in [-0.25, -0.2) is 0 Å². The number of nitrogens with zero attached hydrogens (tertiary/aromatic N) is 1. The van der Waals surface area contributed by atoms with Crippen LogP contribution in [-0.2, 0) is 4.79 Å². The molecular formula is C12H15N3OS2. The van der Waals surface area contributed by atoms with E-state index in [2.05, 4.69) is 10.6 Å². The molecule has 0 spiro atoms. The predicted molar refractivity (Wildman–Crippen MR) is 77.3 cm³/mol. The average Bonchev–Trinajstić information content (AvgIpc) is 2.80. The smallest absolute Gasteiger partial charge is 0.253 e. The summed E-state index contributed by atoms with van der Waals surface area (Å²) in [6, 6.07) is 1.84. The Morgan fingerprint density at radius 3 is 2.78 bits per heavy atom. The van der Waals surface area contributed by atoms with Gasteiger partial charge in [0.25, 0.3) is 5.91 Å². The molecule has 0 aromatic carbocycles. The van der Waals surface area contributed by atoms with Gasteiger partial charge in [0.15, 0.2) is 5.11 Å². The molecule has 96 valence electrons. The lowest BCUT2D eigenvalue weighted by Crippen LogP contribution is -2.46. The van der Waals surface area contributed by atoms with Crippen molar-refractivity contribution >= 4 is 34.6 Å². The summed E-state index contributed by atoms with van der Waals surface area (Å²) in [6.07, 6.45) is 0. The van der Waals surface area contributed by atoms with E-state index in [0.29, 0.717) is 10.7 Å². The molecule has 1 aliphatic rings. The Morgan fingerprint density at radius 1 is 1.50 bits per heavy atom. The Kier molecular flexibility index (Phi) is 3.68. The number of thiocarbonyl (C=S) groups is 1. The molecule has 0 aliphatic carbocycles. The summed E-state index contributed by atoms with van der Waals surface area (Å²) in [6.45, 7) is 1.88. The number of carbonyl (C=O) groups is 1. The molecule has 2 heterocycles. The van der Waals surface area contributed by atoms with Gasteiger partial charge in [0.2, 0.25) is 0 Å². The maximum atomic E-state index is 12.3. The molecule has 1 aromatic heterocycles. The second kappa shape index (κ2) is 5.07. The molecule has 18 heavy (non-hydrogen) atoms. The van der Waals surface area contributed by atoms with Crippen LogP contribution in [0.5, 0.6) is 0 Å². The fourth-order valence-corrected chi connectivity index (χ4v) is 2.86. The first kappa shape index (κ1) is 13.0. The van der Waals surface area contributed by atoms with E-state index in [1.807, 2.05) is 23.8 Å². The van der Waals surface area contributed by atoms with Gasteiger partial charge in [-0.3, -0.25) is 4.79 Å². The lowest BCUT2D eigenvalue weighted by Gasteiger charge is -2.31. The number of hydrogen-bond donors (Lipinski definition) is 2. The van der Waals surface area contributed by atoms with Crippen molar-refractivity contribution in [1.82, 2.24) is 15.5 Å². The fraction of sp³-hybridized carbons (Fsp3) is 0.333. The van der Waals surface area contributed by atoms with Gasteiger partial charge in [0.05, 0.1) is 11.6 Å². The molecule has 2 rings (SSSR count). The van der Waals surface area contributed by atoms with E-state index in [4.69, 9.17) is 12.2 Å². The second-order valence-electron chi connectivity index (χ2n) is 4.33. The van der Waals surface area contributed by atoms with Crippen molar-refractivity contribution in [2.45, 2.75) is 13.0 Å². The normalized spacial score (nSPS) is 19.3. The van der Waals surface area contributed by atoms with Crippen LogP contribution in [0.15, 0.2) is 28.1 Å². The van der Waals surface area contributed by atoms with Crippen LogP contribution in [0.3, 0.4) is 0 Å². The quantitative estimate of drug-likeness (QED) is 0.809. The van der Waals surface area contributed by atoms with E-state index in [1.54, 1.807) is 30.3 Å². The molecule has 1 aliphatic heterocycles. The zero-order valence-electron chi connectivity index (χ0n) is 10.5. The SMILES string of the molecule is CC1=C(C(=O)N(C)C)[C@H](c2ccsc2)NC(=S)N1. The molecule has 2 N–H and O–H groups in total. The van der Waals surface area contributed by atoms with E-state index < -0.39 is 0 Å². The number of allylic oxidation sites excluding steroid dienone is 1. The summed E-state index contributed by atoms with van der Waals surface area (Å²) in [5, 5.41) is 10.7. The van der Waals surface area contributed by atoms with Crippen molar-refractivity contribution in [2.75, 3.05) is 14.1 Å². The molecule has 6 heteroatoms. The Hall–Kier alpha value is -1.40. The van der Waals surface area contributed by atoms with E-state index in [-0.39, 0.29) is 11.9 Å². The van der Waals surface area contributed by atoms with Gasteiger partial charge < -0.3 is 15.5 Å². The monoisotopic (exact) mass is 281 g/mol. The van der Waals surface area contributed by atoms with Crippen molar-refractivity contribution < 1.29 is 4.79 Å². The minimum atomic E-state index is -0.167. The largest absolute Gasteiger partial charge is 0.351 e. The number of carbonyl (C=O) groups excluding carboxylic acids is 1. The number of nitrogens with one attached hydrogen (secondary N) is 2. The van der Waals surface area contributed by atoms with Gasteiger partial charge in [0.1, 0.15) is 0 Å². The molecular weight excluding hydrogens is 266 g/mol. The number of rotatable bonds is 2. The minimum absolute atomic E-state index is 0.00815. The van der Waals surface area contributed by atoms with Crippen molar-refractivity contribution in [2.24, 2.45) is 0 Å². The maximum Gasteiger partial charge on any atom is 0.253 e. The molecule has 1 atom stereocenters. The van der Waals surface area contributed by atoms with Crippen LogP contribution in [-0.4, -0.2) is 30.0 Å². The van der Waals surface area contributed by atoms with Crippen molar-refractivity contribution in [3.8, 4) is 0 Å². The number of likely N-dealkylation sites (N-methyl/N-ethyl adjacent to an activating group) is 1. The second-order valence-corrected chi connectivity index (χ2v) is 5.51. The van der Waals surface area contributed by atoms with Crippen LogP contribution in [0.4, 0.5) is 0 Å². The summed E-state index contributed by atoms with van der Waals surface area (Å²) in [7, 11) is 3.50. The van der Waals surface area contributed by atoms with Crippen LogP contribution < -0.4 is 10.6 Å². The Bertz CT molecular complexity index is 505. The molecule has 0 radical (unpaired) electrons. The summed E-state index contributed by atoms with van der Waals surface area (Å²) in [5.74, 6) is -0.00815. The van der Waals surface area contributed by atoms with Crippen LogP contribution >= 0.6 is 23.6 Å². The summed E-state index contributed by atoms with van der Waals surface area (Å²) in [5.41, 5.74) is 2.59. The molecule has 0 saturated carbocycles. The topological polar surface area (TPSA) is 44.4 Å². The maximum absolute atomic E-state index is 12.3. The van der Waals surface area contributed by atoms with Crippen LogP contribution in [0, 0.1) is 0 Å². The Labute approximate surface area is 116 Å². The lowest BCUT2D eigenvalue weighted by atomic mass is 9.97. The van der Waals surface area contributed by atoms with Crippen LogP contribution in [0.25, 0.3) is 0 Å². The average molecular weight is 281 g/mol. The minimum Gasteiger partial charge on any atom is -0.351 e. The highest BCUT2D eigenvalue weighted by Crippen LogP contribution is 2.28. The third kappa shape index (κ3) is 2.39. The highest BCUT2D eigenvalue weighted by Gasteiger charge is 2.30. The summed E-state index contributed by atoms with van der Waals surface area (Å²) < 4.78 is 0. The molecule has 0 unspecified atom stereocenters. The van der Waals surface area contributed by atoms with E-state index >= 15 is 0 Å². The molecule has 4 nitrogen and oxygen atoms in total.